The summed E-state index contributed by atoms with van der Waals surface area (Å²) in [5.74, 6) is 0.574. The summed E-state index contributed by atoms with van der Waals surface area (Å²) in [5, 5.41) is 0. The number of amides is 1. The van der Waals surface area contributed by atoms with Gasteiger partial charge in [0.1, 0.15) is 5.75 Å². The molecule has 2 fully saturated rings. The average molecular weight is 430 g/mol. The van der Waals surface area contributed by atoms with Crippen molar-refractivity contribution in [3.8, 4) is 16.9 Å². The van der Waals surface area contributed by atoms with Gasteiger partial charge in [-0.1, -0.05) is 42.5 Å². The Kier molecular flexibility index (Phi) is 6.39. The van der Waals surface area contributed by atoms with E-state index in [0.717, 1.165) is 24.0 Å². The minimum Gasteiger partial charge on any atom is -0.484 e. The van der Waals surface area contributed by atoms with Crippen molar-refractivity contribution in [2.24, 2.45) is 0 Å². The van der Waals surface area contributed by atoms with Crippen molar-refractivity contribution in [3.05, 3.63) is 54.6 Å². The third-order valence-corrected chi connectivity index (χ3v) is 7.47. The Morgan fingerprint density at radius 3 is 2.40 bits per heavy atom. The molecular weight excluding hydrogens is 402 g/mol. The predicted octanol–water partition coefficient (Wildman–Crippen LogP) is 2.93. The number of hydrogen-bond acceptors (Lipinski definition) is 5. The molecule has 2 aliphatic rings. The van der Waals surface area contributed by atoms with Crippen LogP contribution in [0.1, 0.15) is 19.3 Å². The lowest BCUT2D eigenvalue weighted by Crippen LogP contribution is -2.47. The van der Waals surface area contributed by atoms with E-state index in [9.17, 15) is 13.2 Å². The molecule has 7 heteroatoms. The first-order chi connectivity index (χ1) is 14.5. The number of ether oxygens (including phenoxy) is 2. The van der Waals surface area contributed by atoms with E-state index >= 15 is 0 Å². The van der Waals surface area contributed by atoms with Gasteiger partial charge in [-0.25, -0.2) is 8.42 Å². The van der Waals surface area contributed by atoms with Crippen LogP contribution in [0.15, 0.2) is 54.6 Å². The third-order valence-electron chi connectivity index (χ3n) is 5.72. The van der Waals surface area contributed by atoms with Gasteiger partial charge in [0.2, 0.25) is 0 Å². The van der Waals surface area contributed by atoms with Crippen LogP contribution in [0.3, 0.4) is 0 Å². The number of nitrogens with zero attached hydrogens (tertiary/aromatic N) is 1. The first-order valence-corrected chi connectivity index (χ1v) is 12.2. The van der Waals surface area contributed by atoms with Gasteiger partial charge in [-0.3, -0.25) is 4.79 Å². The molecule has 0 unspecified atom stereocenters. The lowest BCUT2D eigenvalue weighted by Gasteiger charge is -2.30. The molecule has 160 valence electrons. The Morgan fingerprint density at radius 2 is 1.77 bits per heavy atom. The molecule has 0 radical (unpaired) electrons. The SMILES string of the molecule is O=C(COc1ccc(-c2ccccc2)cc1)N(C[C@H]1CCCO1)[C@@H]1CCS(=O)(=O)C1. The highest BCUT2D eigenvalue weighted by molar-refractivity contribution is 7.91. The van der Waals surface area contributed by atoms with Crippen molar-refractivity contribution in [2.45, 2.75) is 31.4 Å². The Hall–Kier alpha value is -2.38. The molecule has 2 aromatic rings. The van der Waals surface area contributed by atoms with Gasteiger partial charge in [0, 0.05) is 19.2 Å². The van der Waals surface area contributed by atoms with Crippen molar-refractivity contribution in [1.29, 1.82) is 0 Å². The van der Waals surface area contributed by atoms with E-state index in [1.807, 2.05) is 54.6 Å². The third kappa shape index (κ3) is 5.21. The van der Waals surface area contributed by atoms with E-state index in [2.05, 4.69) is 0 Å². The minimum atomic E-state index is -3.08. The van der Waals surface area contributed by atoms with Crippen LogP contribution in [0.25, 0.3) is 11.1 Å². The Balaban J connectivity index is 1.39. The van der Waals surface area contributed by atoms with Crippen LogP contribution in [0.2, 0.25) is 0 Å². The molecule has 0 aromatic heterocycles. The largest absolute Gasteiger partial charge is 0.484 e. The maximum absolute atomic E-state index is 12.9. The fraction of sp³-hybridized carbons (Fsp3) is 0.435. The van der Waals surface area contributed by atoms with Gasteiger partial charge in [0.15, 0.2) is 16.4 Å². The molecule has 0 aliphatic carbocycles. The fourth-order valence-corrected chi connectivity index (χ4v) is 5.82. The van der Waals surface area contributed by atoms with Crippen molar-refractivity contribution in [1.82, 2.24) is 4.90 Å². The molecule has 0 bridgehead atoms. The molecule has 2 aromatic carbocycles. The predicted molar refractivity (Wildman–Crippen MR) is 115 cm³/mol. The second kappa shape index (κ2) is 9.18. The minimum absolute atomic E-state index is 0.0250. The molecule has 30 heavy (non-hydrogen) atoms. The van der Waals surface area contributed by atoms with Crippen molar-refractivity contribution < 1.29 is 22.7 Å². The van der Waals surface area contributed by atoms with Gasteiger partial charge >= 0.3 is 0 Å². The van der Waals surface area contributed by atoms with E-state index in [-0.39, 0.29) is 36.2 Å². The quantitative estimate of drug-likeness (QED) is 0.677. The Labute approximate surface area is 177 Å². The topological polar surface area (TPSA) is 72.9 Å². The van der Waals surface area contributed by atoms with Crippen molar-refractivity contribution in [3.63, 3.8) is 0 Å². The number of carbonyl (C=O) groups is 1. The second-order valence-electron chi connectivity index (χ2n) is 7.92. The first-order valence-electron chi connectivity index (χ1n) is 10.4. The highest BCUT2D eigenvalue weighted by atomic mass is 32.2. The summed E-state index contributed by atoms with van der Waals surface area (Å²) in [7, 11) is -3.08. The smallest absolute Gasteiger partial charge is 0.260 e. The van der Waals surface area contributed by atoms with Crippen molar-refractivity contribution >= 4 is 15.7 Å². The van der Waals surface area contributed by atoms with Crippen LogP contribution < -0.4 is 4.74 Å². The van der Waals surface area contributed by atoms with Gasteiger partial charge in [0.25, 0.3) is 5.91 Å². The summed E-state index contributed by atoms with van der Waals surface area (Å²) in [6.45, 7) is 1.00. The Morgan fingerprint density at radius 1 is 1.03 bits per heavy atom. The lowest BCUT2D eigenvalue weighted by atomic mass is 10.1. The highest BCUT2D eigenvalue weighted by Gasteiger charge is 2.36. The van der Waals surface area contributed by atoms with Crippen LogP contribution in [-0.2, 0) is 19.4 Å². The lowest BCUT2D eigenvalue weighted by molar-refractivity contribution is -0.137. The first kappa shape index (κ1) is 20.9. The molecule has 4 rings (SSSR count). The molecule has 2 saturated heterocycles. The number of hydrogen-bond donors (Lipinski definition) is 0. The molecular formula is C23H27NO5S. The van der Waals surface area contributed by atoms with E-state index in [0.29, 0.717) is 25.3 Å². The number of rotatable bonds is 7. The zero-order chi connectivity index (χ0) is 21.0. The van der Waals surface area contributed by atoms with Crippen LogP contribution >= 0.6 is 0 Å². The Bertz CT molecular complexity index is 953. The van der Waals surface area contributed by atoms with Crippen LogP contribution in [0.5, 0.6) is 5.75 Å². The molecule has 2 atom stereocenters. The second-order valence-corrected chi connectivity index (χ2v) is 10.1. The fourth-order valence-electron chi connectivity index (χ4n) is 4.09. The molecule has 1 amide bonds. The summed E-state index contributed by atoms with van der Waals surface area (Å²) in [4.78, 5) is 14.6. The van der Waals surface area contributed by atoms with E-state index in [1.54, 1.807) is 4.90 Å². The number of carbonyl (C=O) groups excluding carboxylic acids is 1. The normalized spacial score (nSPS) is 22.7. The molecule has 2 heterocycles. The molecule has 0 spiro atoms. The zero-order valence-electron chi connectivity index (χ0n) is 16.9. The summed E-state index contributed by atoms with van der Waals surface area (Å²) < 4.78 is 35.3. The van der Waals surface area contributed by atoms with E-state index in [4.69, 9.17) is 9.47 Å². The van der Waals surface area contributed by atoms with Gasteiger partial charge in [-0.05, 0) is 42.5 Å². The molecule has 2 aliphatic heterocycles. The summed E-state index contributed by atoms with van der Waals surface area (Å²) in [5.41, 5.74) is 2.19. The summed E-state index contributed by atoms with van der Waals surface area (Å²) in [6.07, 6.45) is 2.32. The maximum atomic E-state index is 12.9. The van der Waals surface area contributed by atoms with Gasteiger partial charge in [0.05, 0.1) is 17.6 Å². The monoisotopic (exact) mass is 429 g/mol. The van der Waals surface area contributed by atoms with Gasteiger partial charge in [-0.15, -0.1) is 0 Å². The summed E-state index contributed by atoms with van der Waals surface area (Å²) >= 11 is 0. The van der Waals surface area contributed by atoms with E-state index in [1.165, 1.54) is 0 Å². The summed E-state index contributed by atoms with van der Waals surface area (Å²) in [6, 6.07) is 17.4. The van der Waals surface area contributed by atoms with Crippen LogP contribution in [0, 0.1) is 0 Å². The molecule has 6 nitrogen and oxygen atoms in total. The van der Waals surface area contributed by atoms with Crippen LogP contribution in [0.4, 0.5) is 0 Å². The number of sulfone groups is 1. The standard InChI is InChI=1S/C23H27NO5S/c25-23(16-29-21-10-8-19(9-11-21)18-5-2-1-3-6-18)24(15-22-7-4-13-28-22)20-12-14-30(26,27)17-20/h1-3,5-6,8-11,20,22H,4,7,12-17H2/t20-,22-/m1/s1. The van der Waals surface area contributed by atoms with Crippen molar-refractivity contribution in [2.75, 3.05) is 31.3 Å². The molecule has 0 saturated carbocycles. The number of benzene rings is 2. The van der Waals surface area contributed by atoms with Gasteiger partial charge in [-0.2, -0.15) is 0 Å². The zero-order valence-corrected chi connectivity index (χ0v) is 17.7. The average Bonchev–Trinajstić information content (AvgIpc) is 3.40. The molecule has 0 N–H and O–H groups in total. The maximum Gasteiger partial charge on any atom is 0.260 e. The van der Waals surface area contributed by atoms with Gasteiger partial charge < -0.3 is 14.4 Å². The highest BCUT2D eigenvalue weighted by Crippen LogP contribution is 2.24. The van der Waals surface area contributed by atoms with E-state index < -0.39 is 9.84 Å². The van der Waals surface area contributed by atoms with Crippen LogP contribution in [-0.4, -0.2) is 62.6 Å².